The molecule has 8 nitrogen and oxygen atoms in total. The van der Waals surface area contributed by atoms with Crippen molar-refractivity contribution < 1.29 is 27.3 Å². The second kappa shape index (κ2) is 11.5. The number of hydrogen-bond donors (Lipinski definition) is 0. The van der Waals surface area contributed by atoms with Gasteiger partial charge in [0.2, 0.25) is 5.91 Å². The minimum atomic E-state index is -4.43. The number of nitro benzene ring substituents is 1. The molecule has 3 heterocycles. The molecule has 2 fully saturated rings. The molecule has 2 atom stereocenters. The van der Waals surface area contributed by atoms with Gasteiger partial charge in [0.25, 0.3) is 5.69 Å². The Kier molecular flexibility index (Phi) is 7.72. The van der Waals surface area contributed by atoms with Gasteiger partial charge in [-0.25, -0.2) is 4.39 Å². The van der Waals surface area contributed by atoms with Crippen LogP contribution in [-0.4, -0.2) is 72.5 Å². The Hall–Kier alpha value is -4.19. The standard InChI is InChI=1S/C31H31F4N5O3/c32-24-6-4-21(5-7-24)19-36-10-15-39-28-9-8-26(40(42)43)16-22(28)17-27(29(39)20-36)30(41)38-13-11-37(12-14-38)25-3-1-2-23(18-25)31(33,34)35/h1-9,16,18,27,29H,10-15,17,19-20H2. The maximum absolute atomic E-state index is 14.1. The van der Waals surface area contributed by atoms with E-state index in [0.29, 0.717) is 64.5 Å². The summed E-state index contributed by atoms with van der Waals surface area (Å²) < 4.78 is 53.2. The van der Waals surface area contributed by atoms with Gasteiger partial charge >= 0.3 is 6.18 Å². The highest BCUT2D eigenvalue weighted by Gasteiger charge is 2.43. The van der Waals surface area contributed by atoms with Crippen LogP contribution in [0.2, 0.25) is 0 Å². The number of non-ortho nitro benzene ring substituents is 1. The van der Waals surface area contributed by atoms with E-state index in [1.165, 1.54) is 24.3 Å². The first-order valence-electron chi connectivity index (χ1n) is 14.3. The summed E-state index contributed by atoms with van der Waals surface area (Å²) in [5.74, 6) is -0.810. The highest BCUT2D eigenvalue weighted by atomic mass is 19.4. The number of nitrogens with zero attached hydrogens (tertiary/aromatic N) is 5. The van der Waals surface area contributed by atoms with E-state index in [0.717, 1.165) is 28.9 Å². The lowest BCUT2D eigenvalue weighted by molar-refractivity contribution is -0.384. The number of fused-ring (bicyclic) bond motifs is 3. The van der Waals surface area contributed by atoms with Crippen molar-refractivity contribution in [2.45, 2.75) is 25.2 Å². The van der Waals surface area contributed by atoms with Crippen molar-refractivity contribution >= 4 is 23.0 Å². The van der Waals surface area contributed by atoms with E-state index in [1.54, 1.807) is 35.2 Å². The smallest absolute Gasteiger partial charge is 0.368 e. The van der Waals surface area contributed by atoms with E-state index in [1.807, 2.05) is 4.90 Å². The molecule has 2 saturated heterocycles. The molecule has 0 saturated carbocycles. The van der Waals surface area contributed by atoms with Gasteiger partial charge in [0.1, 0.15) is 5.82 Å². The molecule has 6 rings (SSSR count). The topological polar surface area (TPSA) is 73.2 Å². The second-order valence-electron chi connectivity index (χ2n) is 11.4. The second-order valence-corrected chi connectivity index (χ2v) is 11.4. The summed E-state index contributed by atoms with van der Waals surface area (Å²) >= 11 is 0. The van der Waals surface area contributed by atoms with E-state index >= 15 is 0 Å². The SMILES string of the molecule is O=C(C1Cc2cc([N+](=O)[O-])ccc2N2CCN(Cc3ccc(F)cc3)CC12)N1CCN(c2cccc(C(F)(F)F)c2)CC1. The number of carbonyl (C=O) groups excluding carboxylic acids is 1. The number of rotatable bonds is 5. The number of anilines is 2. The van der Waals surface area contributed by atoms with E-state index in [-0.39, 0.29) is 23.5 Å². The number of piperazine rings is 2. The average molecular weight is 598 g/mol. The molecule has 3 aromatic rings. The van der Waals surface area contributed by atoms with E-state index in [2.05, 4.69) is 9.80 Å². The van der Waals surface area contributed by atoms with Crippen LogP contribution in [0.5, 0.6) is 0 Å². The van der Waals surface area contributed by atoms with Gasteiger partial charge in [0.05, 0.1) is 22.4 Å². The quantitative estimate of drug-likeness (QED) is 0.235. The Balaban J connectivity index is 1.21. The maximum Gasteiger partial charge on any atom is 0.416 e. The van der Waals surface area contributed by atoms with Crippen LogP contribution in [0.25, 0.3) is 0 Å². The highest BCUT2D eigenvalue weighted by Crippen LogP contribution is 2.39. The monoisotopic (exact) mass is 597 g/mol. The van der Waals surface area contributed by atoms with Crippen molar-refractivity contribution in [2.24, 2.45) is 5.92 Å². The molecule has 3 aliphatic heterocycles. The third-order valence-corrected chi connectivity index (χ3v) is 8.76. The zero-order valence-corrected chi connectivity index (χ0v) is 23.3. The average Bonchev–Trinajstić information content (AvgIpc) is 3.01. The molecule has 0 bridgehead atoms. The molecule has 43 heavy (non-hydrogen) atoms. The fourth-order valence-electron chi connectivity index (χ4n) is 6.56. The zero-order valence-electron chi connectivity index (χ0n) is 23.3. The summed E-state index contributed by atoms with van der Waals surface area (Å²) in [6, 6.07) is 16.2. The molecule has 1 amide bonds. The van der Waals surface area contributed by atoms with Gasteiger partial charge in [-0.3, -0.25) is 19.8 Å². The van der Waals surface area contributed by atoms with Crippen LogP contribution < -0.4 is 9.80 Å². The lowest BCUT2D eigenvalue weighted by atomic mass is 9.82. The summed E-state index contributed by atoms with van der Waals surface area (Å²) in [5.41, 5.74) is 2.37. The van der Waals surface area contributed by atoms with Crippen LogP contribution in [-0.2, 0) is 23.9 Å². The predicted molar refractivity (Wildman–Crippen MR) is 153 cm³/mol. The Bertz CT molecular complexity index is 1510. The van der Waals surface area contributed by atoms with Crippen LogP contribution in [0, 0.1) is 21.8 Å². The zero-order chi connectivity index (χ0) is 30.3. The number of carbonyl (C=O) groups is 1. The summed E-state index contributed by atoms with van der Waals surface area (Å²) in [6.07, 6.45) is -4.08. The number of amides is 1. The lowest BCUT2D eigenvalue weighted by Crippen LogP contribution is -2.62. The molecule has 0 spiro atoms. The number of hydrogen-bond acceptors (Lipinski definition) is 6. The van der Waals surface area contributed by atoms with Crippen LogP contribution in [0.1, 0.15) is 16.7 Å². The summed E-state index contributed by atoms with van der Waals surface area (Å²) in [7, 11) is 0. The number of alkyl halides is 3. The Morgan fingerprint density at radius 2 is 1.67 bits per heavy atom. The van der Waals surface area contributed by atoms with Gasteiger partial charge in [-0.2, -0.15) is 13.2 Å². The Labute approximate surface area is 246 Å². The molecular weight excluding hydrogens is 566 g/mol. The molecule has 226 valence electrons. The summed E-state index contributed by atoms with van der Waals surface area (Å²) in [6.45, 7) is 4.05. The molecule has 12 heteroatoms. The van der Waals surface area contributed by atoms with Crippen LogP contribution in [0.15, 0.2) is 66.7 Å². The minimum absolute atomic E-state index is 0.0203. The molecule has 3 aliphatic rings. The van der Waals surface area contributed by atoms with Gasteiger partial charge in [0.15, 0.2) is 0 Å². The largest absolute Gasteiger partial charge is 0.416 e. The number of nitro groups is 1. The highest BCUT2D eigenvalue weighted by molar-refractivity contribution is 5.83. The van der Waals surface area contributed by atoms with Crippen LogP contribution in [0.3, 0.4) is 0 Å². The molecule has 0 radical (unpaired) electrons. The number of halogens is 4. The minimum Gasteiger partial charge on any atom is -0.368 e. The van der Waals surface area contributed by atoms with E-state index in [4.69, 9.17) is 0 Å². The third-order valence-electron chi connectivity index (χ3n) is 8.76. The third kappa shape index (κ3) is 6.01. The van der Waals surface area contributed by atoms with Gasteiger partial charge in [0, 0.05) is 75.9 Å². The van der Waals surface area contributed by atoms with E-state index in [9.17, 15) is 32.5 Å². The molecular formula is C31H31F4N5O3. The molecule has 0 aromatic heterocycles. The summed E-state index contributed by atoms with van der Waals surface area (Å²) in [4.78, 5) is 33.2. The van der Waals surface area contributed by atoms with Gasteiger partial charge in [-0.15, -0.1) is 0 Å². The fourth-order valence-corrected chi connectivity index (χ4v) is 6.56. The number of benzene rings is 3. The molecule has 2 unspecified atom stereocenters. The molecule has 0 N–H and O–H groups in total. The predicted octanol–water partition coefficient (Wildman–Crippen LogP) is 4.96. The van der Waals surface area contributed by atoms with Gasteiger partial charge < -0.3 is 14.7 Å². The van der Waals surface area contributed by atoms with E-state index < -0.39 is 22.6 Å². The van der Waals surface area contributed by atoms with Crippen molar-refractivity contribution in [3.8, 4) is 0 Å². The van der Waals surface area contributed by atoms with Crippen molar-refractivity contribution in [2.75, 3.05) is 55.6 Å². The first-order valence-corrected chi connectivity index (χ1v) is 14.3. The Morgan fingerprint density at radius 3 is 2.37 bits per heavy atom. The van der Waals surface area contributed by atoms with Crippen molar-refractivity contribution in [1.29, 1.82) is 0 Å². The fraction of sp³-hybridized carbons (Fsp3) is 0.387. The maximum atomic E-state index is 14.1. The van der Waals surface area contributed by atoms with Crippen molar-refractivity contribution in [3.05, 3.63) is 99.4 Å². The van der Waals surface area contributed by atoms with Gasteiger partial charge in [-0.05, 0) is 53.9 Å². The lowest BCUT2D eigenvalue weighted by Gasteiger charge is -2.50. The van der Waals surface area contributed by atoms with Crippen molar-refractivity contribution in [1.82, 2.24) is 9.80 Å². The first-order chi connectivity index (χ1) is 20.6. The van der Waals surface area contributed by atoms with Crippen LogP contribution in [0.4, 0.5) is 34.6 Å². The molecule has 0 aliphatic carbocycles. The van der Waals surface area contributed by atoms with Crippen LogP contribution >= 0.6 is 0 Å². The molecule has 3 aromatic carbocycles. The normalized spacial score (nSPS) is 20.9. The Morgan fingerprint density at radius 1 is 0.930 bits per heavy atom. The summed E-state index contributed by atoms with van der Waals surface area (Å²) in [5, 5.41) is 11.5. The van der Waals surface area contributed by atoms with Gasteiger partial charge in [-0.1, -0.05) is 18.2 Å². The first kappa shape index (κ1) is 28.9. The van der Waals surface area contributed by atoms with Crippen molar-refractivity contribution in [3.63, 3.8) is 0 Å².